The van der Waals surface area contributed by atoms with Crippen molar-refractivity contribution in [3.63, 3.8) is 0 Å². The monoisotopic (exact) mass is 258 g/mol. The van der Waals surface area contributed by atoms with Crippen LogP contribution in [0.1, 0.15) is 48.8 Å². The molecule has 0 heterocycles. The van der Waals surface area contributed by atoms with E-state index in [0.717, 1.165) is 18.4 Å². The van der Waals surface area contributed by atoms with Crippen LogP contribution in [0.25, 0.3) is 0 Å². The van der Waals surface area contributed by atoms with Crippen LogP contribution in [0, 0.1) is 19.8 Å². The second-order valence-corrected chi connectivity index (χ2v) is 5.43. The smallest absolute Gasteiger partial charge is 0.243 e. The molecule has 1 saturated carbocycles. The van der Waals surface area contributed by atoms with Crippen molar-refractivity contribution in [2.24, 2.45) is 11.0 Å². The molecule has 0 atom stereocenters. The molecule has 0 radical (unpaired) electrons. The summed E-state index contributed by atoms with van der Waals surface area (Å²) in [4.78, 5) is 11.9. The second kappa shape index (κ2) is 6.50. The number of nitrogens with one attached hydrogen (secondary N) is 1. The molecule has 2 rings (SSSR count). The summed E-state index contributed by atoms with van der Waals surface area (Å²) in [6, 6.07) is 6.20. The molecule has 3 nitrogen and oxygen atoms in total. The topological polar surface area (TPSA) is 41.5 Å². The van der Waals surface area contributed by atoms with Gasteiger partial charge in [0.1, 0.15) is 0 Å². The molecule has 1 amide bonds. The zero-order chi connectivity index (χ0) is 13.7. The average Bonchev–Trinajstić information content (AvgIpc) is 2.42. The van der Waals surface area contributed by atoms with E-state index in [-0.39, 0.29) is 11.8 Å². The van der Waals surface area contributed by atoms with Gasteiger partial charge in [0.2, 0.25) is 5.91 Å². The minimum atomic E-state index is 0.0701. The highest BCUT2D eigenvalue weighted by Gasteiger charge is 2.20. The van der Waals surface area contributed by atoms with Crippen molar-refractivity contribution >= 4 is 12.1 Å². The third kappa shape index (κ3) is 3.91. The summed E-state index contributed by atoms with van der Waals surface area (Å²) in [7, 11) is 0. The largest absolute Gasteiger partial charge is 0.273 e. The molecular formula is C16H22N2O. The lowest BCUT2D eigenvalue weighted by atomic mass is 9.89. The van der Waals surface area contributed by atoms with Crippen molar-refractivity contribution in [2.45, 2.75) is 46.0 Å². The molecule has 0 bridgehead atoms. The van der Waals surface area contributed by atoms with Gasteiger partial charge in [-0.15, -0.1) is 0 Å². The Morgan fingerprint density at radius 1 is 1.26 bits per heavy atom. The minimum Gasteiger partial charge on any atom is -0.273 e. The molecule has 0 unspecified atom stereocenters. The number of aryl methyl sites for hydroxylation is 2. The minimum absolute atomic E-state index is 0.0701. The van der Waals surface area contributed by atoms with Gasteiger partial charge >= 0.3 is 0 Å². The molecule has 0 saturated heterocycles. The van der Waals surface area contributed by atoms with E-state index < -0.39 is 0 Å². The van der Waals surface area contributed by atoms with Crippen LogP contribution >= 0.6 is 0 Å². The first-order chi connectivity index (χ1) is 9.16. The number of amides is 1. The molecule has 1 aliphatic rings. The summed E-state index contributed by atoms with van der Waals surface area (Å²) >= 11 is 0. The van der Waals surface area contributed by atoms with E-state index in [1.54, 1.807) is 6.21 Å². The third-order valence-corrected chi connectivity index (χ3v) is 3.78. The van der Waals surface area contributed by atoms with Gasteiger partial charge in [0.25, 0.3) is 0 Å². The Hall–Kier alpha value is -1.64. The quantitative estimate of drug-likeness (QED) is 0.655. The normalized spacial score (nSPS) is 16.7. The van der Waals surface area contributed by atoms with Gasteiger partial charge in [-0.1, -0.05) is 43.0 Å². The van der Waals surface area contributed by atoms with Gasteiger partial charge in [0.05, 0.1) is 6.21 Å². The van der Waals surface area contributed by atoms with Gasteiger partial charge in [-0.25, -0.2) is 5.43 Å². The Balaban J connectivity index is 1.90. The third-order valence-electron chi connectivity index (χ3n) is 3.78. The lowest BCUT2D eigenvalue weighted by Crippen LogP contribution is -2.28. The van der Waals surface area contributed by atoms with Crippen LogP contribution in [-0.2, 0) is 4.79 Å². The molecule has 1 N–H and O–H groups in total. The van der Waals surface area contributed by atoms with Crippen molar-refractivity contribution < 1.29 is 4.79 Å². The molecule has 0 spiro atoms. The number of carbonyl (C=O) groups is 1. The molecule has 0 aromatic heterocycles. The van der Waals surface area contributed by atoms with E-state index in [4.69, 9.17) is 0 Å². The van der Waals surface area contributed by atoms with E-state index in [1.807, 2.05) is 6.07 Å². The number of hydrazone groups is 1. The first-order valence-corrected chi connectivity index (χ1v) is 7.07. The van der Waals surface area contributed by atoms with Crippen LogP contribution in [-0.4, -0.2) is 12.1 Å². The number of nitrogens with zero attached hydrogens (tertiary/aromatic N) is 1. The predicted octanol–water partition coefficient (Wildman–Crippen LogP) is 3.33. The van der Waals surface area contributed by atoms with Gasteiger partial charge in [-0.05, 0) is 37.8 Å². The maximum Gasteiger partial charge on any atom is 0.243 e. The molecule has 102 valence electrons. The predicted molar refractivity (Wildman–Crippen MR) is 78.2 cm³/mol. The summed E-state index contributed by atoms with van der Waals surface area (Å²) in [5.41, 5.74) is 6.14. The van der Waals surface area contributed by atoms with Crippen LogP contribution in [0.2, 0.25) is 0 Å². The van der Waals surface area contributed by atoms with E-state index in [1.165, 1.54) is 30.4 Å². The molecule has 1 fully saturated rings. The van der Waals surface area contributed by atoms with Gasteiger partial charge in [-0.2, -0.15) is 5.10 Å². The Morgan fingerprint density at radius 2 is 2.00 bits per heavy atom. The molecule has 1 aromatic rings. The number of benzene rings is 1. The molecule has 3 heteroatoms. The summed E-state index contributed by atoms with van der Waals surface area (Å²) in [5.74, 6) is 0.228. The highest BCUT2D eigenvalue weighted by Crippen LogP contribution is 2.23. The average molecular weight is 258 g/mol. The standard InChI is InChI=1S/C16H22N2O/c1-12-8-9-15(13(2)10-12)11-17-18-16(19)14-6-4-3-5-7-14/h8-11,14H,3-7H2,1-2H3,(H,18,19). The zero-order valence-corrected chi connectivity index (χ0v) is 11.8. The van der Waals surface area contributed by atoms with E-state index >= 15 is 0 Å². The fourth-order valence-electron chi connectivity index (χ4n) is 2.59. The Morgan fingerprint density at radius 3 is 2.68 bits per heavy atom. The van der Waals surface area contributed by atoms with Crippen molar-refractivity contribution in [2.75, 3.05) is 0 Å². The summed E-state index contributed by atoms with van der Waals surface area (Å²) in [5, 5.41) is 4.08. The fraction of sp³-hybridized carbons (Fsp3) is 0.500. The van der Waals surface area contributed by atoms with Crippen LogP contribution in [0.4, 0.5) is 0 Å². The SMILES string of the molecule is Cc1ccc(C=NNC(=O)C2CCCCC2)c(C)c1. The number of rotatable bonds is 3. The second-order valence-electron chi connectivity index (χ2n) is 5.43. The lowest BCUT2D eigenvalue weighted by molar-refractivity contribution is -0.125. The van der Waals surface area contributed by atoms with Gasteiger partial charge in [0, 0.05) is 5.92 Å². The molecule has 19 heavy (non-hydrogen) atoms. The molecule has 1 aliphatic carbocycles. The highest BCUT2D eigenvalue weighted by molar-refractivity contribution is 5.84. The Kier molecular flexibility index (Phi) is 4.72. The highest BCUT2D eigenvalue weighted by atomic mass is 16.2. The van der Waals surface area contributed by atoms with Crippen molar-refractivity contribution in [3.05, 3.63) is 34.9 Å². The fourth-order valence-corrected chi connectivity index (χ4v) is 2.59. The van der Waals surface area contributed by atoms with E-state index in [0.29, 0.717) is 0 Å². The summed E-state index contributed by atoms with van der Waals surface area (Å²) < 4.78 is 0. The van der Waals surface area contributed by atoms with Gasteiger partial charge in [0.15, 0.2) is 0 Å². The van der Waals surface area contributed by atoms with E-state index in [2.05, 4.69) is 36.5 Å². The maximum atomic E-state index is 11.9. The van der Waals surface area contributed by atoms with Crippen molar-refractivity contribution in [1.29, 1.82) is 0 Å². The zero-order valence-electron chi connectivity index (χ0n) is 11.8. The van der Waals surface area contributed by atoms with Gasteiger partial charge < -0.3 is 0 Å². The first kappa shape index (κ1) is 13.8. The first-order valence-electron chi connectivity index (χ1n) is 7.07. The maximum absolute atomic E-state index is 11.9. The van der Waals surface area contributed by atoms with Crippen LogP contribution in [0.5, 0.6) is 0 Å². The van der Waals surface area contributed by atoms with Crippen molar-refractivity contribution in [3.8, 4) is 0 Å². The van der Waals surface area contributed by atoms with Crippen molar-refractivity contribution in [1.82, 2.24) is 5.43 Å². The van der Waals surface area contributed by atoms with E-state index in [9.17, 15) is 4.79 Å². The number of hydrogen-bond acceptors (Lipinski definition) is 2. The molecule has 1 aromatic carbocycles. The molecule has 0 aliphatic heterocycles. The lowest BCUT2D eigenvalue weighted by Gasteiger charge is -2.19. The Labute approximate surface area is 115 Å². The summed E-state index contributed by atoms with van der Waals surface area (Å²) in [6.45, 7) is 4.12. The van der Waals surface area contributed by atoms with Crippen LogP contribution < -0.4 is 5.43 Å². The Bertz CT molecular complexity index is 474. The number of carbonyl (C=O) groups excluding carboxylic acids is 1. The number of hydrogen-bond donors (Lipinski definition) is 1. The molecular weight excluding hydrogens is 236 g/mol. The van der Waals surface area contributed by atoms with Gasteiger partial charge in [-0.3, -0.25) is 4.79 Å². The van der Waals surface area contributed by atoms with Crippen LogP contribution in [0.3, 0.4) is 0 Å². The van der Waals surface area contributed by atoms with Crippen LogP contribution in [0.15, 0.2) is 23.3 Å². The summed E-state index contributed by atoms with van der Waals surface area (Å²) in [6.07, 6.45) is 7.33.